The zero-order valence-corrected chi connectivity index (χ0v) is 11.6. The van der Waals surface area contributed by atoms with E-state index >= 15 is 0 Å². The average Bonchev–Trinajstić information content (AvgIpc) is 3.03. The molecule has 4 heterocycles. The van der Waals surface area contributed by atoms with Gasteiger partial charge in [-0.1, -0.05) is 23.2 Å². The number of H-pyrrole nitrogens is 2. The van der Waals surface area contributed by atoms with Crippen LogP contribution in [0.4, 0.5) is 0 Å². The topological polar surface area (TPSA) is 57.4 Å². The SMILES string of the molecule is Clc1ccnc2[nH]c(-c3cc4c(Cl)ccnc4[nH]3)cc12. The number of aromatic amines is 2. The zero-order chi connectivity index (χ0) is 13.7. The van der Waals surface area contributed by atoms with E-state index in [0.29, 0.717) is 10.0 Å². The van der Waals surface area contributed by atoms with Crippen LogP contribution in [0.15, 0.2) is 36.7 Å². The summed E-state index contributed by atoms with van der Waals surface area (Å²) in [5.74, 6) is 0. The Balaban J connectivity index is 1.96. The summed E-state index contributed by atoms with van der Waals surface area (Å²) in [7, 11) is 0. The first-order valence-corrected chi connectivity index (χ1v) is 6.75. The largest absolute Gasteiger partial charge is 0.338 e. The predicted molar refractivity (Wildman–Crippen MR) is 81.2 cm³/mol. The van der Waals surface area contributed by atoms with Gasteiger partial charge in [-0.3, -0.25) is 0 Å². The monoisotopic (exact) mass is 302 g/mol. The van der Waals surface area contributed by atoms with Crippen molar-refractivity contribution in [1.82, 2.24) is 19.9 Å². The molecule has 0 spiro atoms. The van der Waals surface area contributed by atoms with Crippen molar-refractivity contribution in [3.63, 3.8) is 0 Å². The molecule has 0 saturated carbocycles. The number of rotatable bonds is 1. The first kappa shape index (κ1) is 11.8. The van der Waals surface area contributed by atoms with Gasteiger partial charge in [-0.05, 0) is 24.3 Å². The molecule has 0 aromatic carbocycles. The second-order valence-electron chi connectivity index (χ2n) is 4.48. The standard InChI is InChI=1S/C14H8Cl2N4/c15-9-1-3-17-13-7(9)5-11(19-13)12-6-8-10(16)2-4-18-14(8)20-12/h1-6H,(H,17,19)(H,18,20). The highest BCUT2D eigenvalue weighted by molar-refractivity contribution is 6.35. The number of fused-ring (bicyclic) bond motifs is 2. The molecule has 0 radical (unpaired) electrons. The Labute approximate surface area is 123 Å². The van der Waals surface area contributed by atoms with Gasteiger partial charge in [-0.2, -0.15) is 0 Å². The van der Waals surface area contributed by atoms with Crippen LogP contribution >= 0.6 is 23.2 Å². The maximum Gasteiger partial charge on any atom is 0.139 e. The van der Waals surface area contributed by atoms with Crippen molar-refractivity contribution in [2.45, 2.75) is 0 Å². The normalized spacial score (nSPS) is 11.5. The van der Waals surface area contributed by atoms with E-state index in [0.717, 1.165) is 33.5 Å². The van der Waals surface area contributed by atoms with E-state index in [2.05, 4.69) is 19.9 Å². The Morgan fingerprint density at radius 2 is 1.20 bits per heavy atom. The second kappa shape index (κ2) is 4.23. The zero-order valence-electron chi connectivity index (χ0n) is 10.1. The van der Waals surface area contributed by atoms with Crippen LogP contribution in [0.2, 0.25) is 10.0 Å². The van der Waals surface area contributed by atoms with Crippen LogP contribution in [0.1, 0.15) is 0 Å². The minimum absolute atomic E-state index is 0.671. The van der Waals surface area contributed by atoms with Crippen LogP contribution in [0.5, 0.6) is 0 Å². The van der Waals surface area contributed by atoms with Gasteiger partial charge in [-0.25, -0.2) is 9.97 Å². The van der Waals surface area contributed by atoms with Crippen molar-refractivity contribution >= 4 is 45.3 Å². The summed E-state index contributed by atoms with van der Waals surface area (Å²) in [6, 6.07) is 7.46. The van der Waals surface area contributed by atoms with Gasteiger partial charge in [0, 0.05) is 23.2 Å². The molecule has 4 nitrogen and oxygen atoms in total. The Morgan fingerprint density at radius 1 is 0.750 bits per heavy atom. The molecular formula is C14H8Cl2N4. The molecule has 4 aromatic rings. The maximum atomic E-state index is 6.16. The number of nitrogens with one attached hydrogen (secondary N) is 2. The summed E-state index contributed by atoms with van der Waals surface area (Å²) in [4.78, 5) is 15.0. The van der Waals surface area contributed by atoms with Gasteiger partial charge in [0.1, 0.15) is 11.3 Å². The van der Waals surface area contributed by atoms with E-state index in [4.69, 9.17) is 23.2 Å². The molecule has 0 saturated heterocycles. The fraction of sp³-hybridized carbons (Fsp3) is 0. The third-order valence-corrected chi connectivity index (χ3v) is 3.91. The molecular weight excluding hydrogens is 295 g/mol. The lowest BCUT2D eigenvalue weighted by Crippen LogP contribution is -1.78. The predicted octanol–water partition coefficient (Wildman–Crippen LogP) is 4.41. The van der Waals surface area contributed by atoms with Crippen molar-refractivity contribution in [2.24, 2.45) is 0 Å². The third kappa shape index (κ3) is 1.69. The summed E-state index contributed by atoms with van der Waals surface area (Å²) in [6.07, 6.45) is 3.35. The molecule has 0 fully saturated rings. The van der Waals surface area contributed by atoms with E-state index in [1.54, 1.807) is 24.5 Å². The highest BCUT2D eigenvalue weighted by Crippen LogP contribution is 2.30. The molecule has 0 atom stereocenters. The van der Waals surface area contributed by atoms with Crippen LogP contribution in [-0.4, -0.2) is 19.9 Å². The van der Waals surface area contributed by atoms with E-state index in [1.165, 1.54) is 0 Å². The minimum atomic E-state index is 0.671. The molecule has 2 N–H and O–H groups in total. The second-order valence-corrected chi connectivity index (χ2v) is 5.29. The van der Waals surface area contributed by atoms with E-state index in [-0.39, 0.29) is 0 Å². The van der Waals surface area contributed by atoms with Gasteiger partial charge in [-0.15, -0.1) is 0 Å². The summed E-state index contributed by atoms with van der Waals surface area (Å²) in [6.45, 7) is 0. The lowest BCUT2D eigenvalue weighted by Gasteiger charge is -1.90. The molecule has 0 aliphatic rings. The lowest BCUT2D eigenvalue weighted by atomic mass is 10.2. The smallest absolute Gasteiger partial charge is 0.139 e. The van der Waals surface area contributed by atoms with Gasteiger partial charge in [0.2, 0.25) is 0 Å². The van der Waals surface area contributed by atoms with Gasteiger partial charge < -0.3 is 9.97 Å². The average molecular weight is 303 g/mol. The van der Waals surface area contributed by atoms with Crippen LogP contribution in [-0.2, 0) is 0 Å². The van der Waals surface area contributed by atoms with Crippen molar-refractivity contribution in [2.75, 3.05) is 0 Å². The van der Waals surface area contributed by atoms with Crippen LogP contribution < -0.4 is 0 Å². The number of hydrogen-bond acceptors (Lipinski definition) is 2. The highest BCUT2D eigenvalue weighted by Gasteiger charge is 2.11. The fourth-order valence-electron chi connectivity index (χ4n) is 2.28. The quantitative estimate of drug-likeness (QED) is 0.547. The molecule has 98 valence electrons. The Kier molecular flexibility index (Phi) is 2.49. The summed E-state index contributed by atoms with van der Waals surface area (Å²) in [5, 5.41) is 3.12. The first-order chi connectivity index (χ1) is 9.72. The number of hydrogen-bond donors (Lipinski definition) is 2. The summed E-state index contributed by atoms with van der Waals surface area (Å²) in [5.41, 5.74) is 3.31. The molecule has 6 heteroatoms. The van der Waals surface area contributed by atoms with E-state index in [1.807, 2.05) is 12.1 Å². The molecule has 4 rings (SSSR count). The maximum absolute atomic E-state index is 6.16. The Hall–Kier alpha value is -2.04. The van der Waals surface area contributed by atoms with Gasteiger partial charge in [0.25, 0.3) is 0 Å². The third-order valence-electron chi connectivity index (χ3n) is 3.25. The Bertz CT molecular complexity index is 861. The number of pyridine rings is 2. The number of halogens is 2. The van der Waals surface area contributed by atoms with Crippen LogP contribution in [0.3, 0.4) is 0 Å². The summed E-state index contributed by atoms with van der Waals surface area (Å²) < 4.78 is 0. The molecule has 0 amide bonds. The fourth-order valence-corrected chi connectivity index (χ4v) is 2.68. The van der Waals surface area contributed by atoms with Crippen molar-refractivity contribution < 1.29 is 0 Å². The molecule has 0 aliphatic carbocycles. The first-order valence-electron chi connectivity index (χ1n) is 5.99. The molecule has 0 aliphatic heterocycles. The molecule has 0 unspecified atom stereocenters. The molecule has 0 bridgehead atoms. The van der Waals surface area contributed by atoms with Gasteiger partial charge in [0.05, 0.1) is 21.4 Å². The van der Waals surface area contributed by atoms with E-state index in [9.17, 15) is 0 Å². The van der Waals surface area contributed by atoms with E-state index < -0.39 is 0 Å². The number of aromatic nitrogens is 4. The van der Waals surface area contributed by atoms with Crippen molar-refractivity contribution in [3.8, 4) is 11.4 Å². The van der Waals surface area contributed by atoms with Gasteiger partial charge in [0.15, 0.2) is 0 Å². The number of nitrogens with zero attached hydrogens (tertiary/aromatic N) is 2. The van der Waals surface area contributed by atoms with Crippen molar-refractivity contribution in [1.29, 1.82) is 0 Å². The van der Waals surface area contributed by atoms with Crippen LogP contribution in [0, 0.1) is 0 Å². The highest BCUT2D eigenvalue weighted by atomic mass is 35.5. The van der Waals surface area contributed by atoms with Crippen molar-refractivity contribution in [3.05, 3.63) is 46.7 Å². The van der Waals surface area contributed by atoms with Crippen LogP contribution in [0.25, 0.3) is 33.5 Å². The van der Waals surface area contributed by atoms with Gasteiger partial charge >= 0.3 is 0 Å². The minimum Gasteiger partial charge on any atom is -0.338 e. The Morgan fingerprint density at radius 3 is 1.60 bits per heavy atom. The summed E-state index contributed by atoms with van der Waals surface area (Å²) >= 11 is 12.3. The molecule has 20 heavy (non-hydrogen) atoms. The molecule has 4 aromatic heterocycles. The lowest BCUT2D eigenvalue weighted by molar-refractivity contribution is 1.29.